The smallest absolute Gasteiger partial charge is 0.0190 e. The summed E-state index contributed by atoms with van der Waals surface area (Å²) in [5.41, 5.74) is 0.881. The largest absolute Gasteiger partial charge is 0.316 e. The Morgan fingerprint density at radius 1 is 1.05 bits per heavy atom. The maximum Gasteiger partial charge on any atom is 0.0190 e. The molecular weight excluding hydrogens is 244 g/mol. The standard InChI is InChI=1S/C18H38N2/c1-5-6-8-11-17(2,3)16-20-15-14-18(19-4)12-9-7-10-13-18/h19-20H,5-16H2,1-4H3. The molecule has 1 rings (SSSR count). The number of rotatable bonds is 10. The van der Waals surface area contributed by atoms with Gasteiger partial charge in [-0.05, 0) is 44.7 Å². The Balaban J connectivity index is 2.19. The third-order valence-corrected chi connectivity index (χ3v) is 5.18. The summed E-state index contributed by atoms with van der Waals surface area (Å²) in [5, 5.41) is 7.34. The molecule has 0 aromatic rings. The van der Waals surface area contributed by atoms with Gasteiger partial charge in [-0.1, -0.05) is 59.3 Å². The fraction of sp³-hybridized carbons (Fsp3) is 1.00. The quantitative estimate of drug-likeness (QED) is 0.577. The second-order valence-electron chi connectivity index (χ2n) is 7.64. The summed E-state index contributed by atoms with van der Waals surface area (Å²) in [6, 6.07) is 0. The molecule has 1 aliphatic carbocycles. The van der Waals surface area contributed by atoms with Crippen LogP contribution in [0.15, 0.2) is 0 Å². The molecule has 0 aliphatic heterocycles. The average molecular weight is 283 g/mol. The molecule has 0 spiro atoms. The summed E-state index contributed by atoms with van der Waals surface area (Å²) in [4.78, 5) is 0. The predicted octanol–water partition coefficient (Wildman–Crippen LogP) is 4.49. The van der Waals surface area contributed by atoms with Gasteiger partial charge in [-0.25, -0.2) is 0 Å². The van der Waals surface area contributed by atoms with Crippen molar-refractivity contribution in [3.05, 3.63) is 0 Å². The average Bonchev–Trinajstić information content (AvgIpc) is 2.45. The molecule has 0 amide bonds. The minimum absolute atomic E-state index is 0.428. The van der Waals surface area contributed by atoms with E-state index in [0.29, 0.717) is 11.0 Å². The van der Waals surface area contributed by atoms with Crippen LogP contribution in [0.2, 0.25) is 0 Å². The predicted molar refractivity (Wildman–Crippen MR) is 90.3 cm³/mol. The first kappa shape index (κ1) is 18.0. The highest BCUT2D eigenvalue weighted by atomic mass is 15.0. The molecule has 0 heterocycles. The van der Waals surface area contributed by atoms with E-state index in [-0.39, 0.29) is 0 Å². The van der Waals surface area contributed by atoms with E-state index in [0.717, 1.165) is 13.1 Å². The van der Waals surface area contributed by atoms with Crippen LogP contribution in [0.1, 0.15) is 85.0 Å². The molecule has 1 aliphatic rings. The summed E-state index contributed by atoms with van der Waals surface area (Å²) in [6.45, 7) is 9.43. The van der Waals surface area contributed by atoms with Gasteiger partial charge in [0.1, 0.15) is 0 Å². The lowest BCUT2D eigenvalue weighted by Gasteiger charge is -2.37. The Morgan fingerprint density at radius 2 is 1.75 bits per heavy atom. The lowest BCUT2D eigenvalue weighted by molar-refractivity contribution is 0.221. The zero-order valence-electron chi connectivity index (χ0n) is 14.5. The highest BCUT2D eigenvalue weighted by Gasteiger charge is 2.29. The van der Waals surface area contributed by atoms with Gasteiger partial charge in [-0.2, -0.15) is 0 Å². The molecule has 0 unspecified atom stereocenters. The minimum atomic E-state index is 0.428. The van der Waals surface area contributed by atoms with E-state index in [1.54, 1.807) is 0 Å². The Hall–Kier alpha value is -0.0800. The molecular formula is C18H38N2. The summed E-state index contributed by atoms with van der Waals surface area (Å²) in [6.07, 6.45) is 13.7. The van der Waals surface area contributed by atoms with Gasteiger partial charge in [0.2, 0.25) is 0 Å². The summed E-state index contributed by atoms with van der Waals surface area (Å²) in [7, 11) is 2.15. The van der Waals surface area contributed by atoms with Crippen molar-refractivity contribution < 1.29 is 0 Å². The zero-order valence-corrected chi connectivity index (χ0v) is 14.5. The first-order chi connectivity index (χ1) is 9.54. The van der Waals surface area contributed by atoms with Crippen LogP contribution in [0.4, 0.5) is 0 Å². The van der Waals surface area contributed by atoms with E-state index in [4.69, 9.17) is 0 Å². The normalized spacial score (nSPS) is 19.2. The van der Waals surface area contributed by atoms with Crippen LogP contribution in [-0.4, -0.2) is 25.7 Å². The van der Waals surface area contributed by atoms with Gasteiger partial charge in [0, 0.05) is 12.1 Å². The highest BCUT2D eigenvalue weighted by Crippen LogP contribution is 2.30. The fourth-order valence-electron chi connectivity index (χ4n) is 3.55. The number of hydrogen-bond donors (Lipinski definition) is 2. The van der Waals surface area contributed by atoms with Gasteiger partial charge in [-0.15, -0.1) is 0 Å². The van der Waals surface area contributed by atoms with Crippen molar-refractivity contribution in [2.45, 2.75) is 90.5 Å². The van der Waals surface area contributed by atoms with Crippen molar-refractivity contribution >= 4 is 0 Å². The van der Waals surface area contributed by atoms with Crippen molar-refractivity contribution in [3.63, 3.8) is 0 Å². The molecule has 1 fully saturated rings. The lowest BCUT2D eigenvalue weighted by atomic mass is 9.79. The monoisotopic (exact) mass is 282 g/mol. The van der Waals surface area contributed by atoms with Crippen LogP contribution >= 0.6 is 0 Å². The molecule has 1 saturated carbocycles. The van der Waals surface area contributed by atoms with Crippen LogP contribution in [-0.2, 0) is 0 Å². The summed E-state index contributed by atoms with van der Waals surface area (Å²) in [5.74, 6) is 0. The second kappa shape index (κ2) is 9.04. The molecule has 0 saturated heterocycles. The lowest BCUT2D eigenvalue weighted by Crippen LogP contribution is -2.47. The Morgan fingerprint density at radius 3 is 2.35 bits per heavy atom. The van der Waals surface area contributed by atoms with E-state index in [9.17, 15) is 0 Å². The van der Waals surface area contributed by atoms with E-state index in [1.807, 2.05) is 0 Å². The fourth-order valence-corrected chi connectivity index (χ4v) is 3.55. The number of unbranched alkanes of at least 4 members (excludes halogenated alkanes) is 2. The van der Waals surface area contributed by atoms with Crippen LogP contribution in [0.3, 0.4) is 0 Å². The maximum atomic E-state index is 3.72. The molecule has 0 aromatic heterocycles. The van der Waals surface area contributed by atoms with Crippen LogP contribution in [0.5, 0.6) is 0 Å². The third kappa shape index (κ3) is 6.58. The van der Waals surface area contributed by atoms with Crippen LogP contribution in [0, 0.1) is 5.41 Å². The van der Waals surface area contributed by atoms with E-state index in [1.165, 1.54) is 64.2 Å². The number of hydrogen-bond acceptors (Lipinski definition) is 2. The van der Waals surface area contributed by atoms with Gasteiger partial charge in [0.25, 0.3) is 0 Å². The summed E-state index contributed by atoms with van der Waals surface area (Å²) >= 11 is 0. The van der Waals surface area contributed by atoms with Gasteiger partial charge in [0.05, 0.1) is 0 Å². The maximum absolute atomic E-state index is 3.72. The van der Waals surface area contributed by atoms with Gasteiger partial charge in [0.15, 0.2) is 0 Å². The van der Waals surface area contributed by atoms with Crippen molar-refractivity contribution in [2.75, 3.05) is 20.1 Å². The van der Waals surface area contributed by atoms with Crippen molar-refractivity contribution in [1.82, 2.24) is 10.6 Å². The molecule has 0 aromatic carbocycles. The first-order valence-corrected chi connectivity index (χ1v) is 8.93. The molecule has 2 heteroatoms. The molecule has 0 radical (unpaired) electrons. The van der Waals surface area contributed by atoms with E-state index >= 15 is 0 Å². The van der Waals surface area contributed by atoms with Crippen molar-refractivity contribution in [2.24, 2.45) is 5.41 Å². The zero-order chi connectivity index (χ0) is 14.9. The van der Waals surface area contributed by atoms with Gasteiger partial charge < -0.3 is 10.6 Å². The van der Waals surface area contributed by atoms with E-state index in [2.05, 4.69) is 38.5 Å². The molecule has 0 bridgehead atoms. The van der Waals surface area contributed by atoms with Gasteiger partial charge >= 0.3 is 0 Å². The molecule has 0 atom stereocenters. The van der Waals surface area contributed by atoms with Crippen LogP contribution < -0.4 is 10.6 Å². The van der Waals surface area contributed by atoms with Crippen molar-refractivity contribution in [1.29, 1.82) is 0 Å². The first-order valence-electron chi connectivity index (χ1n) is 8.93. The van der Waals surface area contributed by atoms with E-state index < -0.39 is 0 Å². The number of nitrogens with one attached hydrogen (secondary N) is 2. The van der Waals surface area contributed by atoms with Crippen LogP contribution in [0.25, 0.3) is 0 Å². The summed E-state index contributed by atoms with van der Waals surface area (Å²) < 4.78 is 0. The SMILES string of the molecule is CCCCCC(C)(C)CNCCC1(NC)CCCCC1. The van der Waals surface area contributed by atoms with Crippen molar-refractivity contribution in [3.8, 4) is 0 Å². The topological polar surface area (TPSA) is 24.1 Å². The second-order valence-corrected chi connectivity index (χ2v) is 7.64. The molecule has 2 nitrogen and oxygen atoms in total. The third-order valence-electron chi connectivity index (χ3n) is 5.18. The Kier molecular flexibility index (Phi) is 8.13. The Labute approximate surface area is 127 Å². The molecule has 2 N–H and O–H groups in total. The highest BCUT2D eigenvalue weighted by molar-refractivity contribution is 4.90. The van der Waals surface area contributed by atoms with Gasteiger partial charge in [-0.3, -0.25) is 0 Å². The Bertz CT molecular complexity index is 242. The molecule has 120 valence electrons. The molecule has 20 heavy (non-hydrogen) atoms. The minimum Gasteiger partial charge on any atom is -0.316 e.